The van der Waals surface area contributed by atoms with Crippen LogP contribution in [0.25, 0.3) is 0 Å². The summed E-state index contributed by atoms with van der Waals surface area (Å²) in [5, 5.41) is 12.2. The van der Waals surface area contributed by atoms with Gasteiger partial charge in [-0.05, 0) is 35.6 Å². The van der Waals surface area contributed by atoms with E-state index in [1.807, 2.05) is 66.4 Å². The van der Waals surface area contributed by atoms with Crippen LogP contribution in [0.3, 0.4) is 0 Å². The van der Waals surface area contributed by atoms with Gasteiger partial charge in [-0.2, -0.15) is 0 Å². The molecule has 1 amide bonds. The third kappa shape index (κ3) is 6.32. The lowest BCUT2D eigenvalue weighted by molar-refractivity contribution is -0.145. The molecule has 0 aliphatic carbocycles. The average molecular weight is 396 g/mol. The van der Waals surface area contributed by atoms with Gasteiger partial charge in [0.15, 0.2) is 0 Å². The van der Waals surface area contributed by atoms with Gasteiger partial charge in [0.05, 0.1) is 12.5 Å². The van der Waals surface area contributed by atoms with Gasteiger partial charge in [0.1, 0.15) is 12.4 Å². The Morgan fingerprint density at radius 3 is 2.48 bits per heavy atom. The lowest BCUT2D eigenvalue weighted by Gasteiger charge is -2.34. The largest absolute Gasteiger partial charge is 0.489 e. The summed E-state index contributed by atoms with van der Waals surface area (Å²) in [6, 6.07) is 17.5. The predicted octanol–water partition coefficient (Wildman–Crippen LogP) is 2.92. The molecule has 1 aliphatic rings. The molecule has 1 heterocycles. The highest BCUT2D eigenvalue weighted by Crippen LogP contribution is 2.21. The number of nitrogens with zero attached hydrogens (tertiary/aromatic N) is 1. The average Bonchev–Trinajstić information content (AvgIpc) is 2.71. The van der Waals surface area contributed by atoms with Crippen LogP contribution in [0.15, 0.2) is 54.6 Å². The molecule has 2 unspecified atom stereocenters. The number of likely N-dealkylation sites (tertiary alicyclic amines) is 1. The normalized spacial score (nSPS) is 19.5. The number of ether oxygens (including phenoxy) is 1. The summed E-state index contributed by atoms with van der Waals surface area (Å²) < 4.78 is 5.83. The minimum absolute atomic E-state index is 0.0954. The molecule has 2 N–H and O–H groups in total. The van der Waals surface area contributed by atoms with E-state index in [4.69, 9.17) is 4.74 Å². The second kappa shape index (κ2) is 10.1. The minimum atomic E-state index is -0.783. The fourth-order valence-corrected chi connectivity index (χ4v) is 3.77. The SMILES string of the molecule is CC1CC(C(=O)O)CN(CC(=O)NCc2ccccc2COc2ccccc2)C1. The van der Waals surface area contributed by atoms with Gasteiger partial charge in [0.2, 0.25) is 5.91 Å². The predicted molar refractivity (Wildman–Crippen MR) is 110 cm³/mol. The van der Waals surface area contributed by atoms with Crippen molar-refractivity contribution in [3.63, 3.8) is 0 Å². The maximum absolute atomic E-state index is 12.4. The van der Waals surface area contributed by atoms with Crippen LogP contribution in [-0.4, -0.2) is 41.5 Å². The molecule has 0 radical (unpaired) electrons. The summed E-state index contributed by atoms with van der Waals surface area (Å²) in [7, 11) is 0. The van der Waals surface area contributed by atoms with Gasteiger partial charge in [0, 0.05) is 19.6 Å². The second-order valence-corrected chi connectivity index (χ2v) is 7.72. The molecule has 2 aromatic carbocycles. The Morgan fingerprint density at radius 2 is 1.76 bits per heavy atom. The molecule has 1 saturated heterocycles. The van der Waals surface area contributed by atoms with Gasteiger partial charge in [-0.3, -0.25) is 14.5 Å². The summed E-state index contributed by atoms with van der Waals surface area (Å²) in [5.41, 5.74) is 2.03. The number of carbonyl (C=O) groups excluding carboxylic acids is 1. The number of benzene rings is 2. The van der Waals surface area contributed by atoms with Crippen LogP contribution in [0, 0.1) is 11.8 Å². The molecule has 2 aromatic rings. The molecule has 2 atom stereocenters. The van der Waals surface area contributed by atoms with Crippen molar-refractivity contribution in [3.8, 4) is 5.75 Å². The number of rotatable bonds is 8. The lowest BCUT2D eigenvalue weighted by atomic mass is 9.90. The van der Waals surface area contributed by atoms with Crippen LogP contribution in [-0.2, 0) is 22.7 Å². The zero-order valence-corrected chi connectivity index (χ0v) is 16.7. The van der Waals surface area contributed by atoms with Gasteiger partial charge in [0.25, 0.3) is 0 Å². The van der Waals surface area contributed by atoms with Crippen LogP contribution < -0.4 is 10.1 Å². The molecule has 3 rings (SSSR count). The number of carboxylic acid groups (broad SMARTS) is 1. The number of para-hydroxylation sites is 1. The van der Waals surface area contributed by atoms with Crippen LogP contribution in [0.5, 0.6) is 5.75 Å². The number of piperidine rings is 1. The number of hydrogen-bond donors (Lipinski definition) is 2. The third-order valence-corrected chi connectivity index (χ3v) is 5.18. The fourth-order valence-electron chi connectivity index (χ4n) is 3.77. The Balaban J connectivity index is 1.52. The number of nitrogens with one attached hydrogen (secondary N) is 1. The number of carboxylic acids is 1. The van der Waals surface area contributed by atoms with E-state index in [1.165, 1.54) is 0 Å². The van der Waals surface area contributed by atoms with E-state index < -0.39 is 11.9 Å². The zero-order valence-electron chi connectivity index (χ0n) is 16.7. The third-order valence-electron chi connectivity index (χ3n) is 5.18. The van der Waals surface area contributed by atoms with Crippen molar-refractivity contribution in [3.05, 3.63) is 65.7 Å². The maximum atomic E-state index is 12.4. The monoisotopic (exact) mass is 396 g/mol. The Bertz CT molecular complexity index is 825. The molecule has 0 aromatic heterocycles. The highest BCUT2D eigenvalue weighted by molar-refractivity contribution is 5.78. The van der Waals surface area contributed by atoms with Crippen LogP contribution in [0.2, 0.25) is 0 Å². The van der Waals surface area contributed by atoms with Gasteiger partial charge in [-0.25, -0.2) is 0 Å². The Hall–Kier alpha value is -2.86. The highest BCUT2D eigenvalue weighted by atomic mass is 16.5. The molecule has 0 saturated carbocycles. The van der Waals surface area contributed by atoms with Crippen molar-refractivity contribution in [2.24, 2.45) is 11.8 Å². The van der Waals surface area contributed by atoms with Crippen molar-refractivity contribution >= 4 is 11.9 Å². The number of amides is 1. The Morgan fingerprint density at radius 1 is 1.07 bits per heavy atom. The van der Waals surface area contributed by atoms with E-state index in [0.29, 0.717) is 26.1 Å². The molecule has 6 nitrogen and oxygen atoms in total. The van der Waals surface area contributed by atoms with E-state index in [0.717, 1.165) is 23.4 Å². The fraction of sp³-hybridized carbons (Fsp3) is 0.391. The number of hydrogen-bond acceptors (Lipinski definition) is 4. The van der Waals surface area contributed by atoms with Crippen molar-refractivity contribution in [1.82, 2.24) is 10.2 Å². The van der Waals surface area contributed by atoms with Gasteiger partial charge in [-0.15, -0.1) is 0 Å². The van der Waals surface area contributed by atoms with E-state index in [2.05, 4.69) is 5.32 Å². The standard InChI is InChI=1S/C23H28N2O4/c1-17-11-20(23(27)28)14-25(13-17)15-22(26)24-12-18-7-5-6-8-19(18)16-29-21-9-3-2-4-10-21/h2-10,17,20H,11-16H2,1H3,(H,24,26)(H,27,28). The van der Waals surface area contributed by atoms with E-state index in [-0.39, 0.29) is 18.4 Å². The zero-order chi connectivity index (χ0) is 20.6. The molecular weight excluding hydrogens is 368 g/mol. The maximum Gasteiger partial charge on any atom is 0.307 e. The molecule has 6 heteroatoms. The van der Waals surface area contributed by atoms with Crippen molar-refractivity contribution in [2.75, 3.05) is 19.6 Å². The van der Waals surface area contributed by atoms with E-state index >= 15 is 0 Å². The molecule has 29 heavy (non-hydrogen) atoms. The molecule has 0 spiro atoms. The minimum Gasteiger partial charge on any atom is -0.489 e. The highest BCUT2D eigenvalue weighted by Gasteiger charge is 2.30. The lowest BCUT2D eigenvalue weighted by Crippen LogP contribution is -2.46. The molecule has 1 fully saturated rings. The van der Waals surface area contributed by atoms with Crippen molar-refractivity contribution < 1.29 is 19.4 Å². The van der Waals surface area contributed by atoms with Crippen molar-refractivity contribution in [2.45, 2.75) is 26.5 Å². The van der Waals surface area contributed by atoms with Crippen LogP contribution in [0.4, 0.5) is 0 Å². The molecular formula is C23H28N2O4. The Labute approximate surface area is 171 Å². The summed E-state index contributed by atoms with van der Waals surface area (Å²) >= 11 is 0. The van der Waals surface area contributed by atoms with Gasteiger partial charge in [-0.1, -0.05) is 49.4 Å². The first-order valence-electron chi connectivity index (χ1n) is 9.97. The number of carbonyl (C=O) groups is 2. The Kier molecular flexibility index (Phi) is 7.25. The first kappa shape index (κ1) is 20.9. The quantitative estimate of drug-likeness (QED) is 0.717. The smallest absolute Gasteiger partial charge is 0.307 e. The molecule has 0 bridgehead atoms. The first-order valence-corrected chi connectivity index (χ1v) is 9.97. The summed E-state index contributed by atoms with van der Waals surface area (Å²) in [5.74, 6) is -0.203. The number of aliphatic carboxylic acids is 1. The van der Waals surface area contributed by atoms with Crippen LogP contribution >= 0.6 is 0 Å². The van der Waals surface area contributed by atoms with E-state index in [1.54, 1.807) is 0 Å². The van der Waals surface area contributed by atoms with E-state index in [9.17, 15) is 14.7 Å². The topological polar surface area (TPSA) is 78.9 Å². The summed E-state index contributed by atoms with van der Waals surface area (Å²) in [6.07, 6.45) is 0.669. The van der Waals surface area contributed by atoms with Crippen molar-refractivity contribution in [1.29, 1.82) is 0 Å². The van der Waals surface area contributed by atoms with Crippen LogP contribution in [0.1, 0.15) is 24.5 Å². The molecule has 154 valence electrons. The summed E-state index contributed by atoms with van der Waals surface area (Å²) in [6.45, 7) is 4.27. The summed E-state index contributed by atoms with van der Waals surface area (Å²) in [4.78, 5) is 25.7. The second-order valence-electron chi connectivity index (χ2n) is 7.72. The first-order chi connectivity index (χ1) is 14.0. The van der Waals surface area contributed by atoms with Gasteiger partial charge >= 0.3 is 5.97 Å². The van der Waals surface area contributed by atoms with Gasteiger partial charge < -0.3 is 15.2 Å². The molecule has 1 aliphatic heterocycles.